The topological polar surface area (TPSA) is 149 Å². The van der Waals surface area contributed by atoms with E-state index in [-0.39, 0.29) is 12.5 Å². The van der Waals surface area contributed by atoms with E-state index in [2.05, 4.69) is 31.3 Å². The minimum absolute atomic E-state index is 0.180. The van der Waals surface area contributed by atoms with Crippen molar-refractivity contribution in [2.24, 2.45) is 0 Å². The smallest absolute Gasteiger partial charge is 0.220 e. The summed E-state index contributed by atoms with van der Waals surface area (Å²) in [5.41, 5.74) is 0. The molecule has 0 aliphatic carbocycles. The highest BCUT2D eigenvalue weighted by molar-refractivity contribution is 5.76. The van der Waals surface area contributed by atoms with E-state index in [1.807, 2.05) is 6.08 Å². The fourth-order valence-corrected chi connectivity index (χ4v) is 9.94. The molecule has 0 aromatic heterocycles. The number of unbranched alkanes of at least 4 members (excludes halogenated alkanes) is 41. The summed E-state index contributed by atoms with van der Waals surface area (Å²) in [5.74, 6) is -0.180. The molecule has 0 bridgehead atoms. The maximum Gasteiger partial charge on any atom is 0.220 e. The molecule has 9 heteroatoms. The lowest BCUT2D eigenvalue weighted by molar-refractivity contribution is -0.302. The predicted octanol–water partition coefficient (Wildman–Crippen LogP) is 15.4. The Kier molecular flexibility index (Phi) is 48.7. The van der Waals surface area contributed by atoms with Crippen molar-refractivity contribution in [3.8, 4) is 0 Å². The Hall–Kier alpha value is -1.33. The highest BCUT2D eigenvalue weighted by Crippen LogP contribution is 2.23. The second kappa shape index (κ2) is 51.2. The van der Waals surface area contributed by atoms with Gasteiger partial charge in [0.15, 0.2) is 6.29 Å². The van der Waals surface area contributed by atoms with Crippen molar-refractivity contribution >= 4 is 5.91 Å². The number of amides is 1. The third-order valence-electron chi connectivity index (χ3n) is 14.8. The zero-order valence-corrected chi connectivity index (χ0v) is 46.0. The first-order chi connectivity index (χ1) is 34.3. The van der Waals surface area contributed by atoms with Gasteiger partial charge in [0.05, 0.1) is 25.4 Å². The van der Waals surface area contributed by atoms with E-state index in [1.54, 1.807) is 6.08 Å². The summed E-state index contributed by atoms with van der Waals surface area (Å²) in [6.45, 7) is 3.81. The van der Waals surface area contributed by atoms with Crippen LogP contribution in [0.5, 0.6) is 0 Å². The van der Waals surface area contributed by atoms with Gasteiger partial charge in [-0.2, -0.15) is 0 Å². The van der Waals surface area contributed by atoms with E-state index in [0.717, 1.165) is 38.5 Å². The number of rotatable bonds is 53. The molecule has 0 spiro atoms. The Morgan fingerprint density at radius 3 is 1.20 bits per heavy atom. The van der Waals surface area contributed by atoms with E-state index in [9.17, 15) is 30.3 Å². The molecule has 70 heavy (non-hydrogen) atoms. The highest BCUT2D eigenvalue weighted by Gasteiger charge is 2.44. The lowest BCUT2D eigenvalue weighted by atomic mass is 9.99. The molecule has 7 unspecified atom stereocenters. The molecule has 1 fully saturated rings. The maximum atomic E-state index is 13.1. The van der Waals surface area contributed by atoms with Crippen molar-refractivity contribution in [2.75, 3.05) is 13.2 Å². The number of ether oxygens (including phenoxy) is 2. The van der Waals surface area contributed by atoms with Crippen LogP contribution in [-0.2, 0) is 14.3 Å². The zero-order chi connectivity index (χ0) is 50.8. The Morgan fingerprint density at radius 2 is 0.814 bits per heavy atom. The largest absolute Gasteiger partial charge is 0.394 e. The summed E-state index contributed by atoms with van der Waals surface area (Å²) in [5, 5.41) is 54.6. The second-order valence-electron chi connectivity index (χ2n) is 21.5. The van der Waals surface area contributed by atoms with Gasteiger partial charge in [-0.1, -0.05) is 289 Å². The van der Waals surface area contributed by atoms with Gasteiger partial charge in [0, 0.05) is 6.42 Å². The number of hydrogen-bond acceptors (Lipinski definition) is 8. The first kappa shape index (κ1) is 66.7. The van der Waals surface area contributed by atoms with Gasteiger partial charge in [-0.25, -0.2) is 0 Å². The maximum absolute atomic E-state index is 13.1. The number of carbonyl (C=O) groups is 1. The van der Waals surface area contributed by atoms with E-state index >= 15 is 0 Å². The van der Waals surface area contributed by atoms with Gasteiger partial charge >= 0.3 is 0 Å². The van der Waals surface area contributed by atoms with Crippen LogP contribution in [0.25, 0.3) is 0 Å². The summed E-state index contributed by atoms with van der Waals surface area (Å²) in [7, 11) is 0. The number of aliphatic hydroxyl groups is 5. The van der Waals surface area contributed by atoms with Crippen LogP contribution in [0.4, 0.5) is 0 Å². The van der Waals surface area contributed by atoms with Crippen LogP contribution in [0.1, 0.15) is 303 Å². The Morgan fingerprint density at radius 1 is 0.471 bits per heavy atom. The minimum atomic E-state index is -1.57. The molecule has 1 aliphatic heterocycles. The highest BCUT2D eigenvalue weighted by atomic mass is 16.7. The number of aliphatic hydroxyl groups excluding tert-OH is 5. The monoisotopic (exact) mass is 992 g/mol. The molecule has 7 atom stereocenters. The first-order valence-electron chi connectivity index (χ1n) is 30.6. The summed E-state index contributed by atoms with van der Waals surface area (Å²) >= 11 is 0. The van der Waals surface area contributed by atoms with Crippen LogP contribution in [0.15, 0.2) is 24.3 Å². The van der Waals surface area contributed by atoms with Crippen LogP contribution >= 0.6 is 0 Å². The number of hydrogen-bond donors (Lipinski definition) is 6. The van der Waals surface area contributed by atoms with Gasteiger partial charge in [-0.3, -0.25) is 4.79 Å². The third-order valence-corrected chi connectivity index (χ3v) is 14.8. The Bertz CT molecular complexity index is 1150. The van der Waals surface area contributed by atoms with Gasteiger partial charge in [0.2, 0.25) is 5.91 Å². The molecule has 0 aromatic carbocycles. The zero-order valence-electron chi connectivity index (χ0n) is 46.0. The van der Waals surface area contributed by atoms with Crippen molar-refractivity contribution in [3.05, 3.63) is 24.3 Å². The predicted molar refractivity (Wildman–Crippen MR) is 295 cm³/mol. The first-order valence-corrected chi connectivity index (χ1v) is 30.6. The van der Waals surface area contributed by atoms with Gasteiger partial charge in [0.25, 0.3) is 0 Å². The fourth-order valence-electron chi connectivity index (χ4n) is 9.94. The average molecular weight is 993 g/mol. The van der Waals surface area contributed by atoms with Crippen molar-refractivity contribution in [1.29, 1.82) is 0 Å². The molecular formula is C61H117NO8. The van der Waals surface area contributed by atoms with Crippen molar-refractivity contribution in [3.63, 3.8) is 0 Å². The Labute approximate surface area is 432 Å². The lowest BCUT2D eigenvalue weighted by Gasteiger charge is -2.40. The molecule has 0 radical (unpaired) electrons. The summed E-state index contributed by atoms with van der Waals surface area (Å²) < 4.78 is 11.3. The number of carbonyl (C=O) groups excluding carboxylic acids is 1. The third kappa shape index (κ3) is 40.1. The van der Waals surface area contributed by atoms with Gasteiger partial charge < -0.3 is 40.3 Å². The molecule has 1 amide bonds. The summed E-state index contributed by atoms with van der Waals surface area (Å²) in [4.78, 5) is 13.1. The molecule has 0 saturated carbocycles. The van der Waals surface area contributed by atoms with Crippen molar-refractivity contribution < 1.29 is 39.8 Å². The second-order valence-corrected chi connectivity index (χ2v) is 21.5. The fraction of sp³-hybridized carbons (Fsp3) is 0.918. The van der Waals surface area contributed by atoms with Gasteiger partial charge in [0.1, 0.15) is 24.4 Å². The molecule has 1 saturated heterocycles. The molecule has 6 N–H and O–H groups in total. The normalized spacial score (nSPS) is 19.4. The van der Waals surface area contributed by atoms with Gasteiger partial charge in [-0.15, -0.1) is 0 Å². The van der Waals surface area contributed by atoms with Crippen LogP contribution < -0.4 is 5.32 Å². The lowest BCUT2D eigenvalue weighted by Crippen LogP contribution is -2.60. The number of nitrogens with one attached hydrogen (secondary N) is 1. The SMILES string of the molecule is CCCCCCCCCCCCCCCCCCCCCCC/C=C/CC/C=C/C(O)C(COC1OC(CO)C(O)C(O)C1O)NC(=O)CCCCCCCCCCCCCCCCCCCCCC. The number of allylic oxidation sites excluding steroid dienone is 3. The molecule has 1 heterocycles. The van der Waals surface area contributed by atoms with Crippen LogP contribution in [-0.4, -0.2) is 87.5 Å². The van der Waals surface area contributed by atoms with Crippen molar-refractivity contribution in [2.45, 2.75) is 346 Å². The molecule has 9 nitrogen and oxygen atoms in total. The molecule has 0 aromatic rings. The van der Waals surface area contributed by atoms with E-state index in [4.69, 9.17) is 9.47 Å². The molecule has 414 valence electrons. The Balaban J connectivity index is 2.21. The van der Waals surface area contributed by atoms with Crippen LogP contribution in [0, 0.1) is 0 Å². The summed E-state index contributed by atoms with van der Waals surface area (Å²) in [6.07, 6.45) is 58.3. The van der Waals surface area contributed by atoms with E-state index in [1.165, 1.54) is 244 Å². The minimum Gasteiger partial charge on any atom is -0.394 e. The standard InChI is InChI=1S/C61H117NO8/c1-3-5-7-9-11-13-15-17-19-21-23-25-26-27-28-29-30-31-32-34-36-38-40-42-44-46-48-50-55(64)54(53-69-61-60(68)59(67)58(66)56(52-63)70-61)62-57(65)51-49-47-45-43-41-39-37-35-33-24-22-20-18-16-14-12-10-8-6-4-2/h40,42,48,50,54-56,58-61,63-64,66-68H,3-39,41,43-47,49,51-53H2,1-2H3,(H,62,65)/b42-40+,50-48+. The summed E-state index contributed by atoms with van der Waals surface area (Å²) in [6, 6.07) is -0.819. The van der Waals surface area contributed by atoms with E-state index < -0.39 is 49.5 Å². The van der Waals surface area contributed by atoms with Crippen molar-refractivity contribution in [1.82, 2.24) is 5.32 Å². The molecule has 1 rings (SSSR count). The quantitative estimate of drug-likeness (QED) is 0.0261. The molecular weight excluding hydrogens is 875 g/mol. The van der Waals surface area contributed by atoms with Gasteiger partial charge in [-0.05, 0) is 32.1 Å². The van der Waals surface area contributed by atoms with Crippen LogP contribution in [0.3, 0.4) is 0 Å². The average Bonchev–Trinajstić information content (AvgIpc) is 3.36. The van der Waals surface area contributed by atoms with E-state index in [0.29, 0.717) is 6.42 Å². The van der Waals surface area contributed by atoms with Crippen LogP contribution in [0.2, 0.25) is 0 Å². The molecule has 1 aliphatic rings.